The van der Waals surface area contributed by atoms with Crippen LogP contribution in [0.1, 0.15) is 0 Å². The van der Waals surface area contributed by atoms with E-state index in [1.165, 1.54) is 75.5 Å². The fourth-order valence-corrected chi connectivity index (χ4v) is 18.7. The van der Waals surface area contributed by atoms with Gasteiger partial charge >= 0.3 is 0 Å². The van der Waals surface area contributed by atoms with Gasteiger partial charge in [-0.1, -0.05) is 224 Å². The first kappa shape index (κ1) is 47.1. The summed E-state index contributed by atoms with van der Waals surface area (Å²) in [5.74, 6) is 0. The van der Waals surface area contributed by atoms with Crippen molar-refractivity contribution in [1.29, 1.82) is 0 Å². The number of para-hydroxylation sites is 6. The maximum absolute atomic E-state index is 7.24. The second-order valence-electron chi connectivity index (χ2n) is 21.9. The van der Waals surface area contributed by atoms with E-state index >= 15 is 0 Å². The molecule has 0 atom stereocenters. The van der Waals surface area contributed by atoms with Crippen molar-refractivity contribution < 1.29 is 8.83 Å². The van der Waals surface area contributed by atoms with Crippen LogP contribution in [0.25, 0.3) is 132 Å². The molecule has 0 N–H and O–H groups in total. The van der Waals surface area contributed by atoms with E-state index in [1.807, 2.05) is 0 Å². The maximum atomic E-state index is 7.24. The smallest absolute Gasteiger partial charge is 0.188 e. The molecule has 5 heteroatoms. The van der Waals surface area contributed by atoms with E-state index in [4.69, 9.17) is 8.83 Å². The minimum Gasteiger partial charge on any atom is -0.456 e. The van der Waals surface area contributed by atoms with Crippen LogP contribution >= 0.6 is 0 Å². The van der Waals surface area contributed by atoms with E-state index in [-0.39, 0.29) is 0 Å². The molecule has 0 bridgehead atoms. The summed E-state index contributed by atoms with van der Waals surface area (Å²) in [4.78, 5) is 0. The van der Waals surface area contributed by atoms with E-state index in [9.17, 15) is 0 Å². The Morgan fingerprint density at radius 3 is 0.976 bits per heavy atom. The predicted octanol–water partition coefficient (Wildman–Crippen LogP) is 18.1. The van der Waals surface area contributed by atoms with Gasteiger partial charge in [-0.05, 0) is 133 Å². The number of hydrogen-bond acceptors (Lipinski definition) is 2. The zero-order valence-corrected chi connectivity index (χ0v) is 46.1. The van der Waals surface area contributed by atoms with Crippen LogP contribution in [0.3, 0.4) is 0 Å². The molecular formula is C78H50N2O2Si. The molecule has 0 saturated heterocycles. The lowest BCUT2D eigenvalue weighted by atomic mass is 9.98. The first-order valence-corrected chi connectivity index (χ1v) is 30.5. The van der Waals surface area contributed by atoms with E-state index in [1.54, 1.807) is 0 Å². The molecule has 0 fully saturated rings. The van der Waals surface area contributed by atoms with Crippen molar-refractivity contribution in [3.63, 3.8) is 0 Å². The Labute approximate surface area is 479 Å². The Bertz CT molecular complexity index is 5230. The summed E-state index contributed by atoms with van der Waals surface area (Å²) in [5.41, 5.74) is 17.5. The van der Waals surface area contributed by atoms with Crippen molar-refractivity contribution in [2.24, 2.45) is 0 Å². The molecule has 83 heavy (non-hydrogen) atoms. The standard InChI is InChI=1S/C78H50N2O2Si/c1-3-20-59(21-4-1)83(60-22-5-2-6-23-60,75-34-16-28-65-67-49-55(40-46-73(67)81-77(65)75)52-38-44-58(45-39-52)80-71-32-13-9-26-63(71)64-27-10-14-33-72(64)80)76-35-17-29-66-68-50-56(41-47-74(68)82-78(66)76)54-19-15-18-53(48-54)51-36-42-57(43-37-51)79-69-30-11-7-24-61(69)62-25-8-12-31-70(62)79/h1-50H. The van der Waals surface area contributed by atoms with Crippen LogP contribution in [0.4, 0.5) is 0 Å². The molecule has 17 aromatic rings. The highest BCUT2D eigenvalue weighted by Gasteiger charge is 2.46. The fourth-order valence-electron chi connectivity index (χ4n) is 13.7. The van der Waals surface area contributed by atoms with Gasteiger partial charge < -0.3 is 18.0 Å². The highest BCUT2D eigenvalue weighted by molar-refractivity contribution is 7.21. The Balaban J connectivity index is 0.775. The predicted molar refractivity (Wildman–Crippen MR) is 350 cm³/mol. The second kappa shape index (κ2) is 18.7. The number of furan rings is 2. The van der Waals surface area contributed by atoms with Crippen molar-refractivity contribution in [3.05, 3.63) is 303 Å². The monoisotopic (exact) mass is 1070 g/mol. The fraction of sp³-hybridized carbons (Fsp3) is 0. The molecule has 0 aliphatic carbocycles. The van der Waals surface area contributed by atoms with Gasteiger partial charge in [0.1, 0.15) is 22.3 Å². The normalized spacial score (nSPS) is 12.1. The van der Waals surface area contributed by atoms with Gasteiger partial charge in [-0.2, -0.15) is 0 Å². The zero-order chi connectivity index (χ0) is 54.6. The van der Waals surface area contributed by atoms with Gasteiger partial charge in [0, 0.05) is 54.5 Å². The van der Waals surface area contributed by atoms with Gasteiger partial charge in [-0.15, -0.1) is 0 Å². The van der Waals surface area contributed by atoms with Gasteiger partial charge in [0.25, 0.3) is 0 Å². The molecule has 4 nitrogen and oxygen atoms in total. The van der Waals surface area contributed by atoms with E-state index < -0.39 is 8.07 Å². The molecule has 0 spiro atoms. The largest absolute Gasteiger partial charge is 0.456 e. The van der Waals surface area contributed by atoms with E-state index in [0.29, 0.717) is 0 Å². The third kappa shape index (κ3) is 7.25. The van der Waals surface area contributed by atoms with Crippen LogP contribution < -0.4 is 20.7 Å². The average molecular weight is 1080 g/mol. The Kier molecular flexibility index (Phi) is 10.6. The second-order valence-corrected chi connectivity index (χ2v) is 25.6. The van der Waals surface area contributed by atoms with Gasteiger partial charge in [-0.3, -0.25) is 0 Å². The number of aromatic nitrogens is 2. The summed E-state index contributed by atoms with van der Waals surface area (Å²) in [7, 11) is -3.27. The van der Waals surface area contributed by atoms with Crippen LogP contribution in [0.15, 0.2) is 312 Å². The summed E-state index contributed by atoms with van der Waals surface area (Å²) in [6.45, 7) is 0. The van der Waals surface area contributed by atoms with Gasteiger partial charge in [0.05, 0.1) is 22.1 Å². The Morgan fingerprint density at radius 2 is 0.554 bits per heavy atom. The lowest BCUT2D eigenvalue weighted by Gasteiger charge is -2.34. The minimum atomic E-state index is -3.27. The first-order chi connectivity index (χ1) is 41.2. The van der Waals surface area contributed by atoms with Crippen LogP contribution in [-0.4, -0.2) is 17.2 Å². The third-order valence-electron chi connectivity index (χ3n) is 17.5. The molecule has 0 unspecified atom stereocenters. The maximum Gasteiger partial charge on any atom is 0.188 e. The summed E-state index contributed by atoms with van der Waals surface area (Å²) < 4.78 is 19.2. The molecule has 4 heterocycles. The molecule has 388 valence electrons. The molecule has 0 aliphatic heterocycles. The number of hydrogen-bond donors (Lipinski definition) is 0. The molecule has 13 aromatic carbocycles. The molecule has 4 aromatic heterocycles. The lowest BCUT2D eigenvalue weighted by molar-refractivity contribution is 0.670. The molecule has 0 saturated carbocycles. The van der Waals surface area contributed by atoms with Crippen molar-refractivity contribution in [2.45, 2.75) is 0 Å². The number of fused-ring (bicyclic) bond motifs is 12. The van der Waals surface area contributed by atoms with E-state index in [0.717, 1.165) is 77.5 Å². The van der Waals surface area contributed by atoms with Crippen LogP contribution in [-0.2, 0) is 0 Å². The summed E-state index contributed by atoms with van der Waals surface area (Å²) in [5, 5.41) is 14.2. The molecule has 17 rings (SSSR count). The van der Waals surface area contributed by atoms with Crippen LogP contribution in [0.2, 0.25) is 0 Å². The van der Waals surface area contributed by atoms with Gasteiger partial charge in [0.15, 0.2) is 8.07 Å². The van der Waals surface area contributed by atoms with Crippen molar-refractivity contribution in [1.82, 2.24) is 9.13 Å². The first-order valence-electron chi connectivity index (χ1n) is 28.5. The summed E-state index contributed by atoms with van der Waals surface area (Å²) in [6, 6.07) is 111. The molecule has 0 radical (unpaired) electrons. The highest BCUT2D eigenvalue weighted by atomic mass is 28.3. The Hall–Kier alpha value is -10.7. The quantitative estimate of drug-likeness (QED) is 0.107. The lowest BCUT2D eigenvalue weighted by Crippen LogP contribution is -2.75. The summed E-state index contributed by atoms with van der Waals surface area (Å²) >= 11 is 0. The van der Waals surface area contributed by atoms with Crippen molar-refractivity contribution >= 4 is 116 Å². The van der Waals surface area contributed by atoms with Crippen molar-refractivity contribution in [2.75, 3.05) is 0 Å². The highest BCUT2D eigenvalue weighted by Crippen LogP contribution is 2.39. The van der Waals surface area contributed by atoms with Gasteiger partial charge in [-0.25, -0.2) is 0 Å². The molecule has 0 aliphatic rings. The SMILES string of the molecule is c1ccc([Si](c2ccccc2)(c2cccc3c2oc2ccc(-c4ccc(-n5c6ccccc6c6ccccc65)cc4)cc23)c2cccc3c2oc2ccc(-c4cccc(-c5ccc(-n6c7ccccc7c7ccccc76)cc5)c4)cc23)cc1. The molecule has 0 amide bonds. The van der Waals surface area contributed by atoms with Crippen molar-refractivity contribution in [3.8, 4) is 44.8 Å². The van der Waals surface area contributed by atoms with Crippen LogP contribution in [0, 0.1) is 0 Å². The number of benzene rings is 13. The van der Waals surface area contributed by atoms with Gasteiger partial charge in [0.2, 0.25) is 0 Å². The average Bonchev–Trinajstić information content (AvgIpc) is 2.62. The minimum absolute atomic E-state index is 0.856. The zero-order valence-electron chi connectivity index (χ0n) is 45.1. The number of nitrogens with zero attached hydrogens (tertiary/aromatic N) is 2. The van der Waals surface area contributed by atoms with E-state index in [2.05, 4.69) is 312 Å². The van der Waals surface area contributed by atoms with Crippen LogP contribution in [0.5, 0.6) is 0 Å². The topological polar surface area (TPSA) is 36.1 Å². The Morgan fingerprint density at radius 1 is 0.229 bits per heavy atom. The summed E-state index contributed by atoms with van der Waals surface area (Å²) in [6.07, 6.45) is 0. The third-order valence-corrected chi connectivity index (χ3v) is 22.3. The molecular weight excluding hydrogens is 1020 g/mol. The number of rotatable bonds is 9.